The largest absolute Gasteiger partial charge is 0.466 e. The highest BCUT2D eigenvalue weighted by Crippen LogP contribution is 2.41. The van der Waals surface area contributed by atoms with Crippen LogP contribution in [0.4, 0.5) is 0 Å². The molecule has 1 atom stereocenters. The molecular weight excluding hydrogens is 350 g/mol. The summed E-state index contributed by atoms with van der Waals surface area (Å²) in [5, 5.41) is 1.12. The van der Waals surface area contributed by atoms with Crippen LogP contribution in [0.25, 0.3) is 10.2 Å². The summed E-state index contributed by atoms with van der Waals surface area (Å²) in [5.74, 6) is -0.216. The van der Waals surface area contributed by atoms with Crippen LogP contribution in [0.15, 0.2) is 18.2 Å². The Balaban J connectivity index is 2.36. The van der Waals surface area contributed by atoms with Crippen LogP contribution in [0.2, 0.25) is 18.1 Å². The molecule has 0 radical (unpaired) electrons. The second-order valence-electron chi connectivity index (χ2n) is 7.84. The second kappa shape index (κ2) is 7.56. The molecule has 0 bridgehead atoms. The number of hydrogen-bond acceptors (Lipinski definition) is 5. The summed E-state index contributed by atoms with van der Waals surface area (Å²) in [6.45, 7) is 15.3. The summed E-state index contributed by atoms with van der Waals surface area (Å²) in [4.78, 5) is 16.6. The Labute approximate surface area is 155 Å². The summed E-state index contributed by atoms with van der Waals surface area (Å²) in [6.07, 6.45) is -0.0457. The molecule has 0 amide bonds. The molecule has 2 rings (SSSR count). The first-order valence-electron chi connectivity index (χ1n) is 8.74. The van der Waals surface area contributed by atoms with Crippen molar-refractivity contribution in [3.05, 3.63) is 28.8 Å². The van der Waals surface area contributed by atoms with Gasteiger partial charge in [-0.25, -0.2) is 4.98 Å². The van der Waals surface area contributed by atoms with E-state index in [9.17, 15) is 4.79 Å². The van der Waals surface area contributed by atoms with Crippen LogP contribution in [0.3, 0.4) is 0 Å². The lowest BCUT2D eigenvalue weighted by molar-refractivity contribution is -0.145. The SMILES string of the molecule is CCOC(=O)C[C@H](O[Si](C)(C)C(C)(C)C)c1ccc2nc(C)sc2c1. The van der Waals surface area contributed by atoms with Crippen molar-refractivity contribution in [1.29, 1.82) is 0 Å². The van der Waals surface area contributed by atoms with Gasteiger partial charge in [-0.1, -0.05) is 26.8 Å². The van der Waals surface area contributed by atoms with Gasteiger partial charge >= 0.3 is 5.97 Å². The van der Waals surface area contributed by atoms with Gasteiger partial charge in [0.2, 0.25) is 0 Å². The molecule has 0 aliphatic carbocycles. The van der Waals surface area contributed by atoms with Gasteiger partial charge in [0.05, 0.1) is 34.4 Å². The van der Waals surface area contributed by atoms with E-state index in [2.05, 4.69) is 44.9 Å². The fraction of sp³-hybridized carbons (Fsp3) is 0.579. The van der Waals surface area contributed by atoms with E-state index in [-0.39, 0.29) is 23.5 Å². The number of ether oxygens (including phenoxy) is 1. The molecule has 0 unspecified atom stereocenters. The van der Waals surface area contributed by atoms with Gasteiger partial charge in [0.15, 0.2) is 8.32 Å². The van der Waals surface area contributed by atoms with Gasteiger partial charge in [0.1, 0.15) is 0 Å². The van der Waals surface area contributed by atoms with E-state index in [0.717, 1.165) is 20.8 Å². The van der Waals surface area contributed by atoms with Gasteiger partial charge in [0.25, 0.3) is 0 Å². The minimum absolute atomic E-state index is 0.0745. The first-order valence-corrected chi connectivity index (χ1v) is 12.5. The zero-order valence-corrected chi connectivity index (χ0v) is 18.1. The third-order valence-corrected chi connectivity index (χ3v) is 10.2. The molecule has 0 saturated heterocycles. The quantitative estimate of drug-likeness (QED) is 0.483. The van der Waals surface area contributed by atoms with E-state index in [1.165, 1.54) is 0 Å². The van der Waals surface area contributed by atoms with E-state index in [1.807, 2.05) is 26.0 Å². The Morgan fingerprint density at radius 2 is 2.00 bits per heavy atom. The minimum Gasteiger partial charge on any atom is -0.466 e. The van der Waals surface area contributed by atoms with Crippen molar-refractivity contribution in [2.45, 2.75) is 65.3 Å². The summed E-state index contributed by atoms with van der Waals surface area (Å²) >= 11 is 1.66. The fourth-order valence-electron chi connectivity index (χ4n) is 2.39. The molecule has 2 aromatic rings. The van der Waals surface area contributed by atoms with Crippen LogP contribution in [0, 0.1) is 6.92 Å². The Hall–Kier alpha value is -1.24. The lowest BCUT2D eigenvalue weighted by atomic mass is 10.1. The van der Waals surface area contributed by atoms with E-state index < -0.39 is 8.32 Å². The number of fused-ring (bicyclic) bond motifs is 1. The zero-order valence-electron chi connectivity index (χ0n) is 16.3. The van der Waals surface area contributed by atoms with Crippen molar-refractivity contribution in [2.75, 3.05) is 6.61 Å². The van der Waals surface area contributed by atoms with Crippen LogP contribution in [-0.2, 0) is 14.0 Å². The zero-order chi connectivity index (χ0) is 18.8. The molecule has 0 spiro atoms. The monoisotopic (exact) mass is 379 g/mol. The predicted octanol–water partition coefficient (Wildman–Crippen LogP) is 5.62. The number of carbonyl (C=O) groups is 1. The lowest BCUT2D eigenvalue weighted by Gasteiger charge is -2.39. The highest BCUT2D eigenvalue weighted by molar-refractivity contribution is 7.18. The summed E-state index contributed by atoms with van der Waals surface area (Å²) in [7, 11) is -2.02. The molecule has 25 heavy (non-hydrogen) atoms. The normalized spacial score (nSPS) is 13.9. The molecule has 138 valence electrons. The van der Waals surface area contributed by atoms with Crippen molar-refractivity contribution in [3.8, 4) is 0 Å². The molecule has 0 aliphatic rings. The van der Waals surface area contributed by atoms with Crippen LogP contribution < -0.4 is 0 Å². The van der Waals surface area contributed by atoms with Crippen LogP contribution >= 0.6 is 11.3 Å². The number of hydrogen-bond donors (Lipinski definition) is 0. The molecule has 4 nitrogen and oxygen atoms in total. The number of carbonyl (C=O) groups excluding carboxylic acids is 1. The summed E-state index contributed by atoms with van der Waals surface area (Å²) in [5.41, 5.74) is 2.02. The standard InChI is InChI=1S/C19H29NO3SSi/c1-8-22-18(21)12-16(23-25(6,7)19(3,4)5)14-9-10-15-17(11-14)24-13(2)20-15/h9-11,16H,8,12H2,1-7H3/t16-/m0/s1. The molecule has 0 saturated carbocycles. The van der Waals surface area contributed by atoms with Crippen molar-refractivity contribution >= 4 is 35.8 Å². The maximum Gasteiger partial charge on any atom is 0.308 e. The van der Waals surface area contributed by atoms with E-state index >= 15 is 0 Å². The van der Waals surface area contributed by atoms with E-state index in [4.69, 9.17) is 9.16 Å². The molecule has 6 heteroatoms. The maximum absolute atomic E-state index is 12.1. The molecule has 1 heterocycles. The van der Waals surface area contributed by atoms with Gasteiger partial charge in [-0.2, -0.15) is 0 Å². The highest BCUT2D eigenvalue weighted by Gasteiger charge is 2.40. The smallest absolute Gasteiger partial charge is 0.308 e. The van der Waals surface area contributed by atoms with Gasteiger partial charge in [-0.05, 0) is 49.7 Å². The van der Waals surface area contributed by atoms with Crippen molar-refractivity contribution in [1.82, 2.24) is 4.98 Å². The van der Waals surface area contributed by atoms with Crippen LogP contribution in [0.1, 0.15) is 50.8 Å². The van der Waals surface area contributed by atoms with E-state index in [1.54, 1.807) is 11.3 Å². The van der Waals surface area contributed by atoms with Gasteiger partial charge in [-0.3, -0.25) is 4.79 Å². The molecule has 0 N–H and O–H groups in total. The molecule has 0 fully saturated rings. The topological polar surface area (TPSA) is 48.4 Å². The molecule has 0 aliphatic heterocycles. The molecular formula is C19H29NO3SSi. The van der Waals surface area contributed by atoms with E-state index in [0.29, 0.717) is 6.61 Å². The van der Waals surface area contributed by atoms with Crippen LogP contribution in [-0.4, -0.2) is 25.9 Å². The first-order chi connectivity index (χ1) is 11.5. The number of aromatic nitrogens is 1. The average molecular weight is 380 g/mol. The number of esters is 1. The number of thiazole rings is 1. The summed E-state index contributed by atoms with van der Waals surface area (Å²) < 4.78 is 12.9. The van der Waals surface area contributed by atoms with Gasteiger partial charge in [0, 0.05) is 0 Å². The Morgan fingerprint density at radius 1 is 1.32 bits per heavy atom. The average Bonchev–Trinajstić information content (AvgIpc) is 2.84. The second-order valence-corrected chi connectivity index (χ2v) is 13.8. The third-order valence-electron chi connectivity index (χ3n) is 4.79. The third kappa shape index (κ3) is 4.89. The van der Waals surface area contributed by atoms with Crippen molar-refractivity contribution in [2.24, 2.45) is 0 Å². The van der Waals surface area contributed by atoms with Gasteiger partial charge < -0.3 is 9.16 Å². The Kier molecular flexibility index (Phi) is 6.07. The Morgan fingerprint density at radius 3 is 2.60 bits per heavy atom. The first kappa shape index (κ1) is 20.1. The van der Waals surface area contributed by atoms with Crippen LogP contribution in [0.5, 0.6) is 0 Å². The number of aryl methyl sites for hydroxylation is 1. The predicted molar refractivity (Wildman–Crippen MR) is 107 cm³/mol. The number of benzene rings is 1. The molecule has 1 aromatic carbocycles. The maximum atomic E-state index is 12.1. The summed E-state index contributed by atoms with van der Waals surface area (Å²) in [6, 6.07) is 6.15. The lowest BCUT2D eigenvalue weighted by Crippen LogP contribution is -2.42. The van der Waals surface area contributed by atoms with Crippen molar-refractivity contribution < 1.29 is 14.0 Å². The van der Waals surface area contributed by atoms with Crippen molar-refractivity contribution in [3.63, 3.8) is 0 Å². The number of rotatable bonds is 6. The minimum atomic E-state index is -2.02. The fourth-order valence-corrected chi connectivity index (χ4v) is 4.55. The van der Waals surface area contributed by atoms with Gasteiger partial charge in [-0.15, -0.1) is 11.3 Å². The molecule has 1 aromatic heterocycles. The Bertz CT molecular complexity index is 749. The highest BCUT2D eigenvalue weighted by atomic mass is 32.1. The number of nitrogens with zero attached hydrogens (tertiary/aromatic N) is 1.